The van der Waals surface area contributed by atoms with Gasteiger partial charge in [0.05, 0.1) is 12.6 Å². The molecule has 0 saturated heterocycles. The minimum absolute atomic E-state index is 0.0200. The van der Waals surface area contributed by atoms with E-state index in [-0.39, 0.29) is 48.7 Å². The molecule has 0 spiro atoms. The van der Waals surface area contributed by atoms with Crippen LogP contribution in [0.3, 0.4) is 0 Å². The number of methoxy groups -OCH3 is 1. The van der Waals surface area contributed by atoms with Gasteiger partial charge in [0.25, 0.3) is 5.91 Å². The molecule has 0 aliphatic rings. The minimum atomic E-state index is -4.53. The molecule has 0 aliphatic carbocycles. The summed E-state index contributed by atoms with van der Waals surface area (Å²) in [6.07, 6.45) is -2.78. The van der Waals surface area contributed by atoms with Crippen molar-refractivity contribution in [1.29, 1.82) is 0 Å². The highest BCUT2D eigenvalue weighted by atomic mass is 19.4. The van der Waals surface area contributed by atoms with Crippen molar-refractivity contribution in [2.75, 3.05) is 26.9 Å². The van der Waals surface area contributed by atoms with E-state index in [1.165, 1.54) is 13.2 Å². The largest absolute Gasteiger partial charge is 0.475 e. The lowest BCUT2D eigenvalue weighted by Gasteiger charge is -2.17. The number of hydrogen-bond donors (Lipinski definition) is 1. The van der Waals surface area contributed by atoms with Gasteiger partial charge in [0, 0.05) is 37.4 Å². The van der Waals surface area contributed by atoms with Gasteiger partial charge in [0.2, 0.25) is 11.8 Å². The third-order valence-electron chi connectivity index (χ3n) is 4.68. The molecule has 1 N–H and O–H groups in total. The monoisotopic (exact) mass is 483 g/mol. The maximum atomic E-state index is 12.9. The second-order valence-electron chi connectivity index (χ2n) is 7.82. The molecule has 34 heavy (non-hydrogen) atoms. The molecule has 0 bridgehead atoms. The quantitative estimate of drug-likeness (QED) is 0.460. The normalized spacial score (nSPS) is 12.4. The number of carbonyl (C=O) groups is 2. The van der Waals surface area contributed by atoms with Crippen LogP contribution in [0, 0.1) is 5.92 Å². The van der Waals surface area contributed by atoms with E-state index in [9.17, 15) is 22.8 Å². The standard InChI is InChI=1S/C23H28F3N3O5/c1-14(2)19(30)12-17-11-16(7-8-27-17)15(3)28-21(31)18-5-6-20(34-13-23(24,25)26)29-22(18)33-10-9-32-4/h5-8,11,14-15H,9-10,12-13H2,1-4H3,(H,28,31). The molecule has 1 unspecified atom stereocenters. The first-order valence-corrected chi connectivity index (χ1v) is 10.6. The number of hydrogen-bond acceptors (Lipinski definition) is 7. The molecule has 2 aromatic heterocycles. The number of ether oxygens (including phenoxy) is 3. The Morgan fingerprint density at radius 3 is 2.47 bits per heavy atom. The number of ketones is 1. The summed E-state index contributed by atoms with van der Waals surface area (Å²) in [5, 5.41) is 2.80. The molecule has 11 heteroatoms. The highest BCUT2D eigenvalue weighted by Crippen LogP contribution is 2.24. The Balaban J connectivity index is 2.17. The fourth-order valence-electron chi connectivity index (χ4n) is 2.77. The summed E-state index contributed by atoms with van der Waals surface area (Å²) < 4.78 is 52.3. The fraction of sp³-hybridized carbons (Fsp3) is 0.478. The maximum Gasteiger partial charge on any atom is 0.422 e. The van der Waals surface area contributed by atoms with Crippen molar-refractivity contribution in [1.82, 2.24) is 15.3 Å². The van der Waals surface area contributed by atoms with E-state index in [0.29, 0.717) is 5.69 Å². The third-order valence-corrected chi connectivity index (χ3v) is 4.68. The number of alkyl halides is 3. The van der Waals surface area contributed by atoms with E-state index in [4.69, 9.17) is 9.47 Å². The first-order chi connectivity index (χ1) is 16.0. The molecule has 0 fully saturated rings. The van der Waals surface area contributed by atoms with Crippen LogP contribution in [0.5, 0.6) is 11.8 Å². The summed E-state index contributed by atoms with van der Waals surface area (Å²) in [5.74, 6) is -1.12. The Morgan fingerprint density at radius 1 is 1.09 bits per heavy atom. The Kier molecular flexibility index (Phi) is 9.79. The summed E-state index contributed by atoms with van der Waals surface area (Å²) >= 11 is 0. The second kappa shape index (κ2) is 12.3. The lowest BCUT2D eigenvalue weighted by Crippen LogP contribution is -2.28. The average molecular weight is 483 g/mol. The first-order valence-electron chi connectivity index (χ1n) is 10.6. The Labute approximate surface area is 195 Å². The van der Waals surface area contributed by atoms with E-state index in [2.05, 4.69) is 20.0 Å². The Morgan fingerprint density at radius 2 is 1.82 bits per heavy atom. The van der Waals surface area contributed by atoms with E-state index in [0.717, 1.165) is 11.6 Å². The van der Waals surface area contributed by atoms with Gasteiger partial charge >= 0.3 is 6.18 Å². The number of nitrogens with one attached hydrogen (secondary N) is 1. The predicted octanol–water partition coefficient (Wildman–Crippen LogP) is 3.70. The summed E-state index contributed by atoms with van der Waals surface area (Å²) in [4.78, 5) is 33.0. The minimum Gasteiger partial charge on any atom is -0.475 e. The number of Topliss-reactive ketones (excluding diaryl/α,β-unsaturated/α-hetero) is 1. The average Bonchev–Trinajstić information content (AvgIpc) is 2.77. The summed E-state index contributed by atoms with van der Waals surface area (Å²) in [5.41, 5.74) is 1.34. The lowest BCUT2D eigenvalue weighted by atomic mass is 10.0. The maximum absolute atomic E-state index is 12.9. The van der Waals surface area contributed by atoms with Crippen LogP contribution >= 0.6 is 0 Å². The number of halogens is 3. The summed E-state index contributed by atoms with van der Waals surface area (Å²) in [6.45, 7) is 4.07. The van der Waals surface area contributed by atoms with Gasteiger partial charge in [0.1, 0.15) is 18.0 Å². The lowest BCUT2D eigenvalue weighted by molar-refractivity contribution is -0.154. The number of amides is 1. The topological polar surface area (TPSA) is 99.6 Å². The number of nitrogens with zero attached hydrogens (tertiary/aromatic N) is 2. The van der Waals surface area contributed by atoms with Gasteiger partial charge in [-0.05, 0) is 30.7 Å². The van der Waals surface area contributed by atoms with Crippen molar-refractivity contribution in [3.05, 3.63) is 47.3 Å². The van der Waals surface area contributed by atoms with E-state index in [1.54, 1.807) is 25.3 Å². The SMILES string of the molecule is COCCOc1nc(OCC(F)(F)F)ccc1C(=O)NC(C)c1ccnc(CC(=O)C(C)C)c1. The zero-order valence-electron chi connectivity index (χ0n) is 19.4. The van der Waals surface area contributed by atoms with Crippen molar-refractivity contribution >= 4 is 11.7 Å². The Bertz CT molecular complexity index is 983. The zero-order chi connectivity index (χ0) is 25.3. The molecule has 1 amide bonds. The van der Waals surface area contributed by atoms with Crippen LogP contribution in [0.25, 0.3) is 0 Å². The van der Waals surface area contributed by atoms with Gasteiger partial charge in [-0.3, -0.25) is 14.6 Å². The van der Waals surface area contributed by atoms with Crippen molar-refractivity contribution in [3.8, 4) is 11.8 Å². The van der Waals surface area contributed by atoms with Crippen molar-refractivity contribution in [2.24, 2.45) is 5.92 Å². The molecular weight excluding hydrogens is 455 g/mol. The molecule has 0 saturated carbocycles. The van der Waals surface area contributed by atoms with Gasteiger partial charge in [-0.15, -0.1) is 0 Å². The van der Waals surface area contributed by atoms with Crippen molar-refractivity contribution < 1.29 is 37.0 Å². The molecular formula is C23H28F3N3O5. The molecule has 2 heterocycles. The fourth-order valence-corrected chi connectivity index (χ4v) is 2.77. The highest BCUT2D eigenvalue weighted by molar-refractivity contribution is 5.96. The van der Waals surface area contributed by atoms with Crippen LogP contribution in [-0.4, -0.2) is 54.8 Å². The molecule has 2 rings (SSSR count). The zero-order valence-corrected chi connectivity index (χ0v) is 19.4. The number of pyridine rings is 2. The summed E-state index contributed by atoms with van der Waals surface area (Å²) in [7, 11) is 1.45. The molecule has 0 radical (unpaired) electrons. The molecule has 0 aromatic carbocycles. The number of carbonyl (C=O) groups excluding carboxylic acids is 2. The molecule has 0 aliphatic heterocycles. The van der Waals surface area contributed by atoms with Crippen LogP contribution in [0.4, 0.5) is 13.2 Å². The Hall–Kier alpha value is -3.21. The molecule has 186 valence electrons. The second-order valence-corrected chi connectivity index (χ2v) is 7.82. The van der Waals surface area contributed by atoms with Crippen molar-refractivity contribution in [3.63, 3.8) is 0 Å². The smallest absolute Gasteiger partial charge is 0.422 e. The van der Waals surface area contributed by atoms with Crippen LogP contribution in [0.1, 0.15) is 48.4 Å². The van der Waals surface area contributed by atoms with Gasteiger partial charge in [-0.1, -0.05) is 13.8 Å². The van der Waals surface area contributed by atoms with Gasteiger partial charge in [0.15, 0.2) is 6.61 Å². The van der Waals surface area contributed by atoms with Gasteiger partial charge < -0.3 is 19.5 Å². The first kappa shape index (κ1) is 27.0. The molecule has 2 aromatic rings. The van der Waals surface area contributed by atoms with Crippen LogP contribution < -0.4 is 14.8 Å². The number of aromatic nitrogens is 2. The van der Waals surface area contributed by atoms with Crippen molar-refractivity contribution in [2.45, 2.75) is 39.4 Å². The summed E-state index contributed by atoms with van der Waals surface area (Å²) in [6, 6.07) is 5.44. The van der Waals surface area contributed by atoms with Crippen LogP contribution in [0.15, 0.2) is 30.5 Å². The van der Waals surface area contributed by atoms with Crippen LogP contribution in [-0.2, 0) is 16.0 Å². The molecule has 1 atom stereocenters. The van der Waals surface area contributed by atoms with Crippen LogP contribution in [0.2, 0.25) is 0 Å². The third kappa shape index (κ3) is 8.62. The molecule has 8 nitrogen and oxygen atoms in total. The van der Waals surface area contributed by atoms with E-state index < -0.39 is 24.7 Å². The van der Waals surface area contributed by atoms with E-state index >= 15 is 0 Å². The van der Waals surface area contributed by atoms with E-state index in [1.807, 2.05) is 13.8 Å². The number of rotatable bonds is 12. The predicted molar refractivity (Wildman–Crippen MR) is 117 cm³/mol. The highest BCUT2D eigenvalue weighted by Gasteiger charge is 2.29. The van der Waals surface area contributed by atoms with Gasteiger partial charge in [-0.25, -0.2) is 0 Å². The van der Waals surface area contributed by atoms with Gasteiger partial charge in [-0.2, -0.15) is 18.2 Å².